The number of aliphatic carboxylic acids is 1. The average molecular weight is 484 g/mol. The number of hydrogen-bond donors (Lipinski definition) is 2. The molecule has 2 N–H and O–H groups in total. The monoisotopic (exact) mass is 481 g/mol. The van der Waals surface area contributed by atoms with Crippen molar-refractivity contribution in [3.05, 3.63) is 47.4 Å². The van der Waals surface area contributed by atoms with Gasteiger partial charge in [0, 0.05) is 29.7 Å². The highest BCUT2D eigenvalue weighted by Gasteiger charge is 2.08. The van der Waals surface area contributed by atoms with Gasteiger partial charge in [0.2, 0.25) is 0 Å². The number of carbonyl (C=O) groups is 1. The number of nitrogens with one attached hydrogen (secondary N) is 1. The largest absolute Gasteiger partial charge is 0.481 e. The van der Waals surface area contributed by atoms with Crippen LogP contribution in [0.1, 0.15) is 9.75 Å². The zero-order valence-electron chi connectivity index (χ0n) is 10.1. The fourth-order valence-corrected chi connectivity index (χ4v) is 5.14. The smallest absolute Gasteiger partial charge is 0.308 e. The molecule has 0 unspecified atom stereocenters. The predicted molar refractivity (Wildman–Crippen MR) is 92.5 cm³/mol. The van der Waals surface area contributed by atoms with E-state index in [1.165, 1.54) is 11.3 Å². The van der Waals surface area contributed by atoms with Crippen LogP contribution in [-0.2, 0) is 17.8 Å². The van der Waals surface area contributed by atoms with Gasteiger partial charge < -0.3 is 10.4 Å². The minimum absolute atomic E-state index is 0.0797. The number of rotatable bonds is 5. The van der Waals surface area contributed by atoms with Crippen molar-refractivity contribution in [2.24, 2.45) is 0 Å². The van der Waals surface area contributed by atoms with Gasteiger partial charge in [-0.15, -0.1) is 11.3 Å². The summed E-state index contributed by atoms with van der Waals surface area (Å²) in [6, 6.07) is 7.76. The van der Waals surface area contributed by atoms with Gasteiger partial charge in [-0.2, -0.15) is 0 Å². The summed E-state index contributed by atoms with van der Waals surface area (Å²) in [5.41, 5.74) is 0.974. The van der Waals surface area contributed by atoms with E-state index in [1.54, 1.807) is 0 Å². The Morgan fingerprint density at radius 2 is 1.75 bits per heavy atom. The van der Waals surface area contributed by atoms with Crippen molar-refractivity contribution >= 4 is 70.8 Å². The molecule has 0 spiro atoms. The lowest BCUT2D eigenvalue weighted by Gasteiger charge is -2.10. The highest BCUT2D eigenvalue weighted by molar-refractivity contribution is 9.11. The van der Waals surface area contributed by atoms with Gasteiger partial charge in [-0.25, -0.2) is 0 Å². The van der Waals surface area contributed by atoms with Gasteiger partial charge in [0.15, 0.2) is 0 Å². The first kappa shape index (κ1) is 16.0. The van der Waals surface area contributed by atoms with Crippen molar-refractivity contribution in [2.75, 3.05) is 5.32 Å². The van der Waals surface area contributed by atoms with Crippen molar-refractivity contribution in [3.8, 4) is 0 Å². The molecule has 0 aliphatic heterocycles. The van der Waals surface area contributed by atoms with Gasteiger partial charge in [0.05, 0.1) is 12.1 Å². The zero-order chi connectivity index (χ0) is 14.7. The standard InChI is InChI=1S/C13H10Br3NO2S/c14-7-3-10(15)13(11(16)4-7)17-6-9-2-1-8(20-9)5-12(18)19/h1-4,17H,5-6H2,(H,18,19). The van der Waals surface area contributed by atoms with Crippen LogP contribution < -0.4 is 5.32 Å². The molecule has 20 heavy (non-hydrogen) atoms. The van der Waals surface area contributed by atoms with Crippen LogP contribution in [0.4, 0.5) is 5.69 Å². The molecule has 0 amide bonds. The van der Waals surface area contributed by atoms with E-state index < -0.39 is 5.97 Å². The van der Waals surface area contributed by atoms with E-state index in [4.69, 9.17) is 5.11 Å². The Morgan fingerprint density at radius 3 is 2.35 bits per heavy atom. The van der Waals surface area contributed by atoms with Crippen molar-refractivity contribution < 1.29 is 9.90 Å². The summed E-state index contributed by atoms with van der Waals surface area (Å²) in [6.07, 6.45) is 0.0797. The lowest BCUT2D eigenvalue weighted by molar-refractivity contribution is -0.136. The summed E-state index contributed by atoms with van der Waals surface area (Å²) in [7, 11) is 0. The average Bonchev–Trinajstić information content (AvgIpc) is 2.74. The molecule has 2 rings (SSSR count). The summed E-state index contributed by atoms with van der Waals surface area (Å²) in [5.74, 6) is -0.801. The maximum Gasteiger partial charge on any atom is 0.308 e. The number of halogens is 3. The fourth-order valence-electron chi connectivity index (χ4n) is 1.65. The lowest BCUT2D eigenvalue weighted by atomic mass is 10.3. The molecule has 1 aromatic carbocycles. The van der Waals surface area contributed by atoms with Gasteiger partial charge in [0.1, 0.15) is 0 Å². The Hall–Kier alpha value is -0.370. The van der Waals surface area contributed by atoms with Crippen molar-refractivity contribution in [3.63, 3.8) is 0 Å². The summed E-state index contributed by atoms with van der Waals surface area (Å²) in [4.78, 5) is 12.6. The summed E-state index contributed by atoms with van der Waals surface area (Å²) >= 11 is 12.0. The number of carboxylic acids is 1. The van der Waals surface area contributed by atoms with E-state index >= 15 is 0 Å². The third kappa shape index (κ3) is 4.31. The molecule has 7 heteroatoms. The third-order valence-electron chi connectivity index (χ3n) is 2.49. The quantitative estimate of drug-likeness (QED) is 0.608. The lowest BCUT2D eigenvalue weighted by Crippen LogP contribution is -1.99. The molecule has 1 aromatic heterocycles. The number of benzene rings is 1. The van der Waals surface area contributed by atoms with Gasteiger partial charge in [-0.1, -0.05) is 15.9 Å². The second-order valence-corrected chi connectivity index (χ2v) is 7.91. The van der Waals surface area contributed by atoms with Crippen LogP contribution in [0.2, 0.25) is 0 Å². The first-order valence-corrected chi connectivity index (χ1v) is 8.83. The first-order chi connectivity index (χ1) is 9.45. The molecule has 106 valence electrons. The number of hydrogen-bond acceptors (Lipinski definition) is 3. The molecule has 0 radical (unpaired) electrons. The topological polar surface area (TPSA) is 49.3 Å². The van der Waals surface area contributed by atoms with Crippen LogP contribution in [0, 0.1) is 0 Å². The van der Waals surface area contributed by atoms with E-state index in [0.29, 0.717) is 6.54 Å². The van der Waals surface area contributed by atoms with E-state index in [2.05, 4.69) is 53.1 Å². The molecule has 0 aliphatic carbocycles. The molecule has 0 fully saturated rings. The molecule has 0 bridgehead atoms. The van der Waals surface area contributed by atoms with Crippen LogP contribution >= 0.6 is 59.1 Å². The Morgan fingerprint density at radius 1 is 1.15 bits per heavy atom. The molecular formula is C13H10Br3NO2S. The first-order valence-electron chi connectivity index (χ1n) is 5.63. The minimum atomic E-state index is -0.801. The summed E-state index contributed by atoms with van der Waals surface area (Å²) in [6.45, 7) is 0.656. The Balaban J connectivity index is 2.05. The third-order valence-corrected chi connectivity index (χ3v) is 5.28. The van der Waals surface area contributed by atoms with Crippen LogP contribution in [0.15, 0.2) is 37.7 Å². The minimum Gasteiger partial charge on any atom is -0.481 e. The molecule has 0 saturated heterocycles. The van der Waals surface area contributed by atoms with Gasteiger partial charge in [-0.3, -0.25) is 4.79 Å². The number of anilines is 1. The SMILES string of the molecule is O=C(O)Cc1ccc(CNc2c(Br)cc(Br)cc2Br)s1. The second kappa shape index (κ2) is 7.06. The van der Waals surface area contributed by atoms with E-state index in [0.717, 1.165) is 28.9 Å². The van der Waals surface area contributed by atoms with Crippen LogP contribution in [0.3, 0.4) is 0 Å². The number of carboxylic acid groups (broad SMARTS) is 1. The summed E-state index contributed by atoms with van der Waals surface area (Å²) in [5, 5.41) is 12.1. The van der Waals surface area contributed by atoms with Crippen molar-refractivity contribution in [2.45, 2.75) is 13.0 Å². The van der Waals surface area contributed by atoms with Crippen LogP contribution in [0.5, 0.6) is 0 Å². The molecule has 1 heterocycles. The fraction of sp³-hybridized carbons (Fsp3) is 0.154. The Kier molecular flexibility index (Phi) is 5.65. The van der Waals surface area contributed by atoms with Gasteiger partial charge >= 0.3 is 5.97 Å². The molecule has 0 atom stereocenters. The molecular weight excluding hydrogens is 474 g/mol. The van der Waals surface area contributed by atoms with E-state index in [9.17, 15) is 4.79 Å². The normalized spacial score (nSPS) is 10.6. The second-order valence-electron chi connectivity index (χ2n) is 4.04. The Bertz CT molecular complexity index is 619. The predicted octanol–water partition coefficient (Wildman–Crippen LogP) is 5.27. The maximum atomic E-state index is 10.7. The highest BCUT2D eigenvalue weighted by Crippen LogP contribution is 2.34. The van der Waals surface area contributed by atoms with Gasteiger partial charge in [-0.05, 0) is 56.1 Å². The summed E-state index contributed by atoms with van der Waals surface area (Å²) < 4.78 is 2.91. The maximum absolute atomic E-state index is 10.7. The number of thiophene rings is 1. The van der Waals surface area contributed by atoms with Crippen molar-refractivity contribution in [1.82, 2.24) is 0 Å². The zero-order valence-corrected chi connectivity index (χ0v) is 15.7. The molecule has 0 aliphatic rings. The highest BCUT2D eigenvalue weighted by atomic mass is 79.9. The van der Waals surface area contributed by atoms with Crippen LogP contribution in [-0.4, -0.2) is 11.1 Å². The van der Waals surface area contributed by atoms with E-state index in [-0.39, 0.29) is 6.42 Å². The van der Waals surface area contributed by atoms with Gasteiger partial charge in [0.25, 0.3) is 0 Å². The van der Waals surface area contributed by atoms with E-state index in [1.807, 2.05) is 24.3 Å². The Labute approximate surface area is 145 Å². The molecule has 3 nitrogen and oxygen atoms in total. The molecule has 2 aromatic rings. The molecule has 0 saturated carbocycles. The van der Waals surface area contributed by atoms with Crippen LogP contribution in [0.25, 0.3) is 0 Å². The van der Waals surface area contributed by atoms with Crippen molar-refractivity contribution in [1.29, 1.82) is 0 Å².